The fraction of sp³-hybridized carbons (Fsp3) is 0.545. The molecule has 1 aromatic rings. The van der Waals surface area contributed by atoms with Gasteiger partial charge in [-0.3, -0.25) is 14.4 Å². The molecule has 0 spiro atoms. The number of hydrogen-bond donors (Lipinski definition) is 1. The van der Waals surface area contributed by atoms with E-state index in [2.05, 4.69) is 9.47 Å². The van der Waals surface area contributed by atoms with E-state index in [-0.39, 0.29) is 24.5 Å². The normalized spacial score (nSPS) is 30.5. The summed E-state index contributed by atoms with van der Waals surface area (Å²) in [5.41, 5.74) is -0.917. The van der Waals surface area contributed by atoms with Gasteiger partial charge in [-0.15, -0.1) is 0 Å². The van der Waals surface area contributed by atoms with Crippen molar-refractivity contribution in [2.24, 2.45) is 23.2 Å². The van der Waals surface area contributed by atoms with Crippen molar-refractivity contribution in [2.45, 2.75) is 75.5 Å². The molecule has 2 saturated carbocycles. The largest absolute Gasteiger partial charge is 0.468 e. The van der Waals surface area contributed by atoms with Gasteiger partial charge >= 0.3 is 24.0 Å². The molecule has 238 valence electrons. The van der Waals surface area contributed by atoms with Gasteiger partial charge in [-0.2, -0.15) is 22.0 Å². The summed E-state index contributed by atoms with van der Waals surface area (Å²) in [4.78, 5) is 36.3. The van der Waals surface area contributed by atoms with Crippen LogP contribution in [-0.4, -0.2) is 54.7 Å². The number of hydrogen-bond acceptors (Lipinski definition) is 6. The summed E-state index contributed by atoms with van der Waals surface area (Å²) in [7, 11) is 2.28. The number of ether oxygens (including phenoxy) is 2. The van der Waals surface area contributed by atoms with E-state index in [9.17, 15) is 32.7 Å². The third-order valence-electron chi connectivity index (χ3n) is 10.5. The number of allylic oxidation sites excluding steroid dienone is 4. The number of halogens is 5. The molecule has 2 unspecified atom stereocenters. The Morgan fingerprint density at radius 1 is 1.00 bits per heavy atom. The molecule has 5 rings (SSSR count). The number of carbonyl (C=O) groups is 3. The molecule has 44 heavy (non-hydrogen) atoms. The molecular formula is C33H35F5O6. The van der Waals surface area contributed by atoms with Gasteiger partial charge in [0, 0.05) is 17.8 Å². The van der Waals surface area contributed by atoms with Crippen LogP contribution >= 0.6 is 0 Å². The second-order valence-electron chi connectivity index (χ2n) is 12.5. The highest BCUT2D eigenvalue weighted by atomic mass is 19.4. The van der Waals surface area contributed by atoms with E-state index in [1.54, 1.807) is 30.3 Å². The molecule has 0 saturated heterocycles. The topological polar surface area (TPSA) is 89.9 Å². The Labute approximate surface area is 252 Å². The Bertz CT molecular complexity index is 1430. The molecule has 0 radical (unpaired) electrons. The third-order valence-corrected chi connectivity index (χ3v) is 10.5. The van der Waals surface area contributed by atoms with Crippen LogP contribution in [0.5, 0.6) is 0 Å². The maximum absolute atomic E-state index is 15.2. The average molecular weight is 623 g/mol. The van der Waals surface area contributed by atoms with Crippen LogP contribution < -0.4 is 0 Å². The first-order valence-corrected chi connectivity index (χ1v) is 14.7. The lowest BCUT2D eigenvalue weighted by molar-refractivity contribution is -0.362. The first-order chi connectivity index (χ1) is 20.6. The monoisotopic (exact) mass is 622 g/mol. The maximum atomic E-state index is 15.2. The van der Waals surface area contributed by atoms with Crippen molar-refractivity contribution >= 4 is 23.8 Å². The van der Waals surface area contributed by atoms with Gasteiger partial charge in [0.2, 0.25) is 0 Å². The second-order valence-corrected chi connectivity index (χ2v) is 12.5. The fourth-order valence-electron chi connectivity index (χ4n) is 8.27. The molecule has 4 aliphatic rings. The van der Waals surface area contributed by atoms with Crippen LogP contribution in [0.25, 0.3) is 6.08 Å². The van der Waals surface area contributed by atoms with Crippen molar-refractivity contribution in [1.29, 1.82) is 0 Å². The number of methoxy groups -OCH3 is 2. The first-order valence-electron chi connectivity index (χ1n) is 14.7. The third kappa shape index (κ3) is 4.91. The molecule has 11 heteroatoms. The summed E-state index contributed by atoms with van der Waals surface area (Å²) in [6.07, 6.45) is -0.405. The number of rotatable bonds is 6. The number of alkyl halides is 5. The van der Waals surface area contributed by atoms with E-state index in [4.69, 9.17) is 0 Å². The number of aliphatic hydroxyl groups is 1. The van der Waals surface area contributed by atoms with Crippen LogP contribution in [0.1, 0.15) is 68.9 Å². The van der Waals surface area contributed by atoms with Gasteiger partial charge in [0.25, 0.3) is 0 Å². The van der Waals surface area contributed by atoms with Crippen molar-refractivity contribution in [3.05, 3.63) is 64.3 Å². The molecule has 4 aliphatic carbocycles. The Morgan fingerprint density at radius 3 is 2.23 bits per heavy atom. The minimum Gasteiger partial charge on any atom is -0.468 e. The van der Waals surface area contributed by atoms with E-state index in [0.29, 0.717) is 36.8 Å². The van der Waals surface area contributed by atoms with Gasteiger partial charge in [-0.1, -0.05) is 48.9 Å². The highest BCUT2D eigenvalue weighted by Crippen LogP contribution is 2.70. The minimum atomic E-state index is -5.92. The summed E-state index contributed by atoms with van der Waals surface area (Å²) in [6.45, 7) is 1.38. The summed E-state index contributed by atoms with van der Waals surface area (Å²) in [6, 6.07) is 6.88. The van der Waals surface area contributed by atoms with E-state index in [1.165, 1.54) is 19.1 Å². The van der Waals surface area contributed by atoms with Crippen LogP contribution in [0.15, 0.2) is 53.1 Å². The molecule has 0 aromatic heterocycles. The Balaban J connectivity index is 1.58. The lowest BCUT2D eigenvalue weighted by Gasteiger charge is -2.56. The lowest BCUT2D eigenvalue weighted by atomic mass is 9.50. The van der Waals surface area contributed by atoms with Gasteiger partial charge < -0.3 is 14.6 Å². The Hall–Kier alpha value is -3.34. The van der Waals surface area contributed by atoms with Crippen molar-refractivity contribution in [2.75, 3.05) is 14.2 Å². The lowest BCUT2D eigenvalue weighted by Crippen LogP contribution is -2.65. The van der Waals surface area contributed by atoms with Gasteiger partial charge in [-0.05, 0) is 78.7 Å². The van der Waals surface area contributed by atoms with Crippen LogP contribution in [-0.2, 0) is 23.9 Å². The van der Waals surface area contributed by atoms with E-state index in [1.807, 2.05) is 0 Å². The summed E-state index contributed by atoms with van der Waals surface area (Å²) < 4.78 is 80.9. The van der Waals surface area contributed by atoms with E-state index >= 15 is 8.78 Å². The molecule has 2 fully saturated rings. The van der Waals surface area contributed by atoms with Gasteiger partial charge in [0.05, 0.1) is 14.2 Å². The van der Waals surface area contributed by atoms with Crippen molar-refractivity contribution in [3.63, 3.8) is 0 Å². The zero-order chi connectivity index (χ0) is 32.2. The molecule has 0 bridgehead atoms. The van der Waals surface area contributed by atoms with Crippen LogP contribution in [0, 0.1) is 23.2 Å². The number of benzene rings is 1. The second kappa shape index (κ2) is 11.2. The molecular weight excluding hydrogens is 587 g/mol. The smallest absolute Gasteiger partial charge is 0.456 e. The molecule has 6 nitrogen and oxygen atoms in total. The average Bonchev–Trinajstić information content (AvgIpc) is 3.27. The Kier molecular flexibility index (Phi) is 8.18. The van der Waals surface area contributed by atoms with Gasteiger partial charge in [-0.25, -0.2) is 0 Å². The summed E-state index contributed by atoms with van der Waals surface area (Å²) in [5, 5.41) is 11.4. The fourth-order valence-corrected chi connectivity index (χ4v) is 8.27. The predicted molar refractivity (Wildman–Crippen MR) is 149 cm³/mol. The molecule has 0 aliphatic heterocycles. The zero-order valence-corrected chi connectivity index (χ0v) is 24.7. The number of ketones is 1. The maximum Gasteiger partial charge on any atom is 0.456 e. The molecule has 5 atom stereocenters. The summed E-state index contributed by atoms with van der Waals surface area (Å²) in [5.74, 6) is -9.68. The minimum absolute atomic E-state index is 0.00779. The van der Waals surface area contributed by atoms with Crippen LogP contribution in [0.3, 0.4) is 0 Å². The summed E-state index contributed by atoms with van der Waals surface area (Å²) >= 11 is 0. The standard InChI is InChI=1S/C33H35F5O6/c1-30-17-25(19-7-4-18(5-8-19)6-11-24(28(40)43-2)29(41)44-3)27-22-13-10-21(39)16-20(22)9-12-23(27)26(30)14-15-31(30,42)32(34,35)33(36,37)38/h4-8,11,16,23-26,42H,9-10,12-15,17H2,1-3H3/b11-6+/t23?,25-,26?,30+,31+/m1/s1. The van der Waals surface area contributed by atoms with Crippen LogP contribution in [0.2, 0.25) is 0 Å². The quantitative estimate of drug-likeness (QED) is 0.222. The molecule has 0 amide bonds. The van der Waals surface area contributed by atoms with E-state index < -0.39 is 59.2 Å². The van der Waals surface area contributed by atoms with Gasteiger partial charge in [0.15, 0.2) is 11.7 Å². The highest BCUT2D eigenvalue weighted by Gasteiger charge is 2.79. The van der Waals surface area contributed by atoms with Crippen molar-refractivity contribution in [3.8, 4) is 0 Å². The molecule has 1 aromatic carbocycles. The predicted octanol–water partition coefficient (Wildman–Crippen LogP) is 6.49. The Morgan fingerprint density at radius 2 is 1.64 bits per heavy atom. The van der Waals surface area contributed by atoms with Crippen molar-refractivity contribution in [1.82, 2.24) is 0 Å². The number of esters is 2. The van der Waals surface area contributed by atoms with Crippen molar-refractivity contribution < 1.29 is 50.9 Å². The number of carbonyl (C=O) groups excluding carboxylic acids is 3. The van der Waals surface area contributed by atoms with E-state index in [0.717, 1.165) is 30.9 Å². The molecule has 1 N–H and O–H groups in total. The SMILES string of the molecule is COC(=O)C(/C=C/c1ccc([C@H]2C[C@@]3(C)C(CC[C@@]3(O)C(F)(F)C(F)(F)F)C3CCC4=CC(=O)CCC4=C32)cc1)C(=O)OC. The number of fused-ring (bicyclic) bond motifs is 4. The van der Waals surface area contributed by atoms with Crippen LogP contribution in [0.4, 0.5) is 22.0 Å². The highest BCUT2D eigenvalue weighted by molar-refractivity contribution is 5.97. The first kappa shape index (κ1) is 32.1. The van der Waals surface area contributed by atoms with Gasteiger partial charge in [0.1, 0.15) is 5.60 Å². The molecule has 0 heterocycles. The zero-order valence-electron chi connectivity index (χ0n) is 24.7.